The lowest BCUT2D eigenvalue weighted by Gasteiger charge is -2.30. The third-order valence-electron chi connectivity index (χ3n) is 3.65. The number of nitro groups is 1. The van der Waals surface area contributed by atoms with Crippen molar-refractivity contribution in [3.05, 3.63) is 33.3 Å². The molecule has 0 atom stereocenters. The Labute approximate surface area is 117 Å². The van der Waals surface area contributed by atoms with Crippen LogP contribution < -0.4 is 5.32 Å². The zero-order chi connectivity index (χ0) is 14.5. The molecule has 106 valence electrons. The molecule has 19 heavy (non-hydrogen) atoms. The number of benzene rings is 1. The third kappa shape index (κ3) is 3.81. The van der Waals surface area contributed by atoms with Gasteiger partial charge in [0.1, 0.15) is 0 Å². The van der Waals surface area contributed by atoms with Gasteiger partial charge in [0.2, 0.25) is 0 Å². The molecule has 0 radical (unpaired) electrons. The van der Waals surface area contributed by atoms with Gasteiger partial charge in [0, 0.05) is 24.1 Å². The lowest BCUT2D eigenvalue weighted by Crippen LogP contribution is -2.32. The summed E-state index contributed by atoms with van der Waals surface area (Å²) in [4.78, 5) is 10.3. The van der Waals surface area contributed by atoms with E-state index in [1.165, 1.54) is 18.2 Å². The minimum absolute atomic E-state index is 0.00510. The van der Waals surface area contributed by atoms with Crippen molar-refractivity contribution in [3.63, 3.8) is 0 Å². The van der Waals surface area contributed by atoms with Crippen molar-refractivity contribution in [1.29, 1.82) is 0 Å². The number of aliphatic hydroxyl groups excluding tert-OH is 1. The van der Waals surface area contributed by atoms with Crippen molar-refractivity contribution in [3.8, 4) is 0 Å². The van der Waals surface area contributed by atoms with Gasteiger partial charge in [0.05, 0.1) is 22.2 Å². The molecule has 0 aromatic heterocycles. The van der Waals surface area contributed by atoms with Crippen molar-refractivity contribution in [2.75, 3.05) is 18.5 Å². The van der Waals surface area contributed by atoms with Crippen molar-refractivity contribution < 1.29 is 10.0 Å². The molecule has 0 saturated heterocycles. The number of hydrogen-bond donors (Lipinski definition) is 2. The normalized spacial score (nSPS) is 11.4. The van der Waals surface area contributed by atoms with Gasteiger partial charge in [-0.1, -0.05) is 25.4 Å². The molecule has 0 amide bonds. The molecule has 0 fully saturated rings. The van der Waals surface area contributed by atoms with Crippen molar-refractivity contribution in [1.82, 2.24) is 0 Å². The number of non-ortho nitro benzene ring substituents is 1. The molecule has 0 heterocycles. The van der Waals surface area contributed by atoms with Crippen LogP contribution in [0.1, 0.15) is 26.7 Å². The fraction of sp³-hybridized carbons (Fsp3) is 0.538. The van der Waals surface area contributed by atoms with E-state index in [4.69, 9.17) is 11.6 Å². The van der Waals surface area contributed by atoms with Gasteiger partial charge < -0.3 is 10.4 Å². The molecule has 2 N–H and O–H groups in total. The van der Waals surface area contributed by atoms with E-state index in [2.05, 4.69) is 5.32 Å². The summed E-state index contributed by atoms with van der Waals surface area (Å²) in [6, 6.07) is 4.28. The second-order valence-electron chi connectivity index (χ2n) is 4.64. The van der Waals surface area contributed by atoms with Crippen LogP contribution in [0, 0.1) is 15.5 Å². The van der Waals surface area contributed by atoms with E-state index in [9.17, 15) is 15.2 Å². The number of nitrogens with zero attached hydrogens (tertiary/aromatic N) is 1. The van der Waals surface area contributed by atoms with Crippen LogP contribution in [0.15, 0.2) is 18.2 Å². The first-order chi connectivity index (χ1) is 8.98. The average Bonchev–Trinajstić information content (AvgIpc) is 2.42. The van der Waals surface area contributed by atoms with Crippen LogP contribution in [0.2, 0.25) is 5.02 Å². The largest absolute Gasteiger partial charge is 0.396 e. The maximum Gasteiger partial charge on any atom is 0.271 e. The van der Waals surface area contributed by atoms with Gasteiger partial charge >= 0.3 is 0 Å². The highest BCUT2D eigenvalue weighted by atomic mass is 35.5. The Balaban J connectivity index is 2.87. The molecule has 0 aliphatic carbocycles. The van der Waals surface area contributed by atoms with Crippen LogP contribution in [0.4, 0.5) is 11.4 Å². The minimum Gasteiger partial charge on any atom is -0.396 e. The number of nitro benzene ring substituents is 1. The molecule has 1 rings (SSSR count). The summed E-state index contributed by atoms with van der Waals surface area (Å²) < 4.78 is 0. The predicted molar refractivity (Wildman–Crippen MR) is 76.7 cm³/mol. The van der Waals surface area contributed by atoms with Crippen molar-refractivity contribution in [2.45, 2.75) is 26.7 Å². The summed E-state index contributed by atoms with van der Waals surface area (Å²) >= 11 is 6.01. The van der Waals surface area contributed by atoms with Gasteiger partial charge in [-0.15, -0.1) is 0 Å². The monoisotopic (exact) mass is 286 g/mol. The molecule has 1 aromatic carbocycles. The van der Waals surface area contributed by atoms with Gasteiger partial charge in [-0.05, 0) is 18.9 Å². The molecular formula is C13H19ClN2O3. The average molecular weight is 287 g/mol. The van der Waals surface area contributed by atoms with Crippen LogP contribution in [0.3, 0.4) is 0 Å². The van der Waals surface area contributed by atoms with E-state index >= 15 is 0 Å². The van der Waals surface area contributed by atoms with Crippen molar-refractivity contribution >= 4 is 23.0 Å². The second-order valence-corrected chi connectivity index (χ2v) is 5.05. The highest BCUT2D eigenvalue weighted by molar-refractivity contribution is 6.33. The highest BCUT2D eigenvalue weighted by Crippen LogP contribution is 2.30. The molecular weight excluding hydrogens is 268 g/mol. The maximum atomic E-state index is 10.7. The summed E-state index contributed by atoms with van der Waals surface area (Å²) in [5, 5.41) is 23.8. The van der Waals surface area contributed by atoms with Gasteiger partial charge in [-0.2, -0.15) is 0 Å². The Hall–Kier alpha value is -1.33. The van der Waals surface area contributed by atoms with E-state index in [1.54, 1.807) is 0 Å². The fourth-order valence-corrected chi connectivity index (χ4v) is 2.01. The number of rotatable bonds is 7. The Morgan fingerprint density at radius 1 is 1.42 bits per heavy atom. The van der Waals surface area contributed by atoms with Gasteiger partial charge in [-0.25, -0.2) is 0 Å². The zero-order valence-corrected chi connectivity index (χ0v) is 11.9. The zero-order valence-electron chi connectivity index (χ0n) is 11.1. The van der Waals surface area contributed by atoms with Crippen molar-refractivity contribution in [2.24, 2.45) is 5.41 Å². The number of anilines is 1. The molecule has 1 aromatic rings. The predicted octanol–water partition coefficient (Wildman–Crippen LogP) is 3.46. The number of halogens is 1. The molecule has 0 spiro atoms. The van der Waals surface area contributed by atoms with E-state index in [0.717, 1.165) is 12.8 Å². The van der Waals surface area contributed by atoms with Crippen LogP contribution in [0.5, 0.6) is 0 Å². The van der Waals surface area contributed by atoms with E-state index < -0.39 is 4.92 Å². The van der Waals surface area contributed by atoms with E-state index in [0.29, 0.717) is 17.3 Å². The van der Waals surface area contributed by atoms with Crippen LogP contribution >= 0.6 is 11.6 Å². The highest BCUT2D eigenvalue weighted by Gasteiger charge is 2.25. The minimum atomic E-state index is -0.458. The molecule has 6 heteroatoms. The van der Waals surface area contributed by atoms with E-state index in [1.807, 2.05) is 13.8 Å². The standard InChI is InChI=1S/C13H19ClN2O3/c1-3-13(4-2,9-17)8-15-12-7-10(16(18)19)5-6-11(12)14/h5-7,15,17H,3-4,8-9H2,1-2H3. The molecule has 0 saturated carbocycles. The first kappa shape index (κ1) is 15.7. The number of hydrogen-bond acceptors (Lipinski definition) is 4. The summed E-state index contributed by atoms with van der Waals surface area (Å²) in [7, 11) is 0. The summed E-state index contributed by atoms with van der Waals surface area (Å²) in [6.07, 6.45) is 1.64. The summed E-state index contributed by atoms with van der Waals surface area (Å²) in [6.45, 7) is 4.61. The summed E-state index contributed by atoms with van der Waals surface area (Å²) in [5.74, 6) is 0. The quantitative estimate of drug-likeness (QED) is 0.594. The Bertz CT molecular complexity index is 439. The van der Waals surface area contributed by atoms with E-state index in [-0.39, 0.29) is 17.7 Å². The Morgan fingerprint density at radius 3 is 2.53 bits per heavy atom. The third-order valence-corrected chi connectivity index (χ3v) is 3.98. The Kier molecular flexibility index (Phi) is 5.57. The molecule has 5 nitrogen and oxygen atoms in total. The molecule has 0 aliphatic rings. The van der Waals surface area contributed by atoms with Crippen LogP contribution in [-0.2, 0) is 0 Å². The molecule has 0 bridgehead atoms. The van der Waals surface area contributed by atoms with Gasteiger partial charge in [0.15, 0.2) is 0 Å². The lowest BCUT2D eigenvalue weighted by molar-refractivity contribution is -0.384. The fourth-order valence-electron chi connectivity index (χ4n) is 1.82. The number of nitrogens with one attached hydrogen (secondary N) is 1. The molecule has 0 aliphatic heterocycles. The first-order valence-electron chi connectivity index (χ1n) is 6.26. The Morgan fingerprint density at radius 2 is 2.05 bits per heavy atom. The SMILES string of the molecule is CCC(CC)(CO)CNc1cc([N+](=O)[O-])ccc1Cl. The van der Waals surface area contributed by atoms with Crippen LogP contribution in [-0.4, -0.2) is 23.2 Å². The van der Waals surface area contributed by atoms with Gasteiger partial charge in [-0.3, -0.25) is 10.1 Å². The summed E-state index contributed by atoms with van der Waals surface area (Å²) in [5.41, 5.74) is 0.290. The maximum absolute atomic E-state index is 10.7. The first-order valence-corrected chi connectivity index (χ1v) is 6.64. The second kappa shape index (κ2) is 6.73. The molecule has 0 unspecified atom stereocenters. The lowest BCUT2D eigenvalue weighted by atomic mass is 9.83. The topological polar surface area (TPSA) is 75.4 Å². The smallest absolute Gasteiger partial charge is 0.271 e. The number of aliphatic hydroxyl groups is 1. The van der Waals surface area contributed by atoms with Gasteiger partial charge in [0.25, 0.3) is 5.69 Å². The van der Waals surface area contributed by atoms with Crippen LogP contribution in [0.25, 0.3) is 0 Å².